The van der Waals surface area contributed by atoms with Gasteiger partial charge in [0.2, 0.25) is 11.8 Å². The Hall–Kier alpha value is -2.64. The van der Waals surface area contributed by atoms with E-state index in [2.05, 4.69) is 20.9 Å². The van der Waals surface area contributed by atoms with E-state index in [1.807, 2.05) is 20.8 Å². The first-order valence-corrected chi connectivity index (χ1v) is 8.85. The monoisotopic (exact) mass is 365 g/mol. The topological polar surface area (TPSA) is 85.8 Å². The van der Waals surface area contributed by atoms with Gasteiger partial charge in [-0.1, -0.05) is 6.07 Å². The Morgan fingerprint density at radius 1 is 1.15 bits per heavy atom. The Balaban J connectivity index is 2.49. The first-order valence-electron chi connectivity index (χ1n) is 8.85. The molecule has 1 aromatic rings. The Morgan fingerprint density at radius 2 is 1.88 bits per heavy atom. The van der Waals surface area contributed by atoms with E-state index in [1.165, 1.54) is 18.2 Å². The van der Waals surface area contributed by atoms with Gasteiger partial charge in [0.1, 0.15) is 12.4 Å². The predicted molar refractivity (Wildman–Crippen MR) is 102 cm³/mol. The van der Waals surface area contributed by atoms with Crippen LogP contribution in [0, 0.1) is 5.82 Å². The maximum absolute atomic E-state index is 13.1. The third-order valence-electron chi connectivity index (χ3n) is 3.58. The summed E-state index contributed by atoms with van der Waals surface area (Å²) in [4.78, 5) is 29.8. The number of hydrogen-bond acceptors (Lipinski definition) is 3. The molecule has 0 atom stereocenters. The highest BCUT2D eigenvalue weighted by Crippen LogP contribution is 2.08. The normalized spacial score (nSPS) is 11.0. The van der Waals surface area contributed by atoms with Gasteiger partial charge >= 0.3 is 0 Å². The molecule has 0 saturated carbocycles. The molecule has 3 N–H and O–H groups in total. The van der Waals surface area contributed by atoms with E-state index >= 15 is 0 Å². The summed E-state index contributed by atoms with van der Waals surface area (Å²) in [6, 6.07) is 5.67. The maximum Gasteiger partial charge on any atom is 0.246 e. The van der Waals surface area contributed by atoms with Crippen LogP contribution in [0.1, 0.15) is 27.2 Å². The lowest BCUT2D eigenvalue weighted by atomic mass is 10.3. The van der Waals surface area contributed by atoms with Gasteiger partial charge in [0, 0.05) is 38.3 Å². The second-order valence-electron chi connectivity index (χ2n) is 5.50. The molecule has 0 bridgehead atoms. The van der Waals surface area contributed by atoms with Crippen molar-refractivity contribution in [2.45, 2.75) is 27.2 Å². The lowest BCUT2D eigenvalue weighted by molar-refractivity contribution is -0.130. The van der Waals surface area contributed by atoms with Gasteiger partial charge in [-0.25, -0.2) is 9.38 Å². The molecular formula is C18H28FN5O2. The maximum atomic E-state index is 13.1. The number of nitrogens with one attached hydrogen (secondary N) is 3. The molecule has 0 fully saturated rings. The number of aliphatic imine (C=N–C) groups is 1. The zero-order chi connectivity index (χ0) is 19.4. The van der Waals surface area contributed by atoms with Crippen LogP contribution in [0.15, 0.2) is 29.3 Å². The number of carbonyl (C=O) groups is 2. The van der Waals surface area contributed by atoms with Crippen molar-refractivity contribution in [2.75, 3.05) is 38.0 Å². The SMILES string of the molecule is CCNC(=NCC(=O)Nc1cccc(F)c1)NCCC(=O)N(CC)CC. The van der Waals surface area contributed by atoms with Crippen molar-refractivity contribution in [3.05, 3.63) is 30.1 Å². The highest BCUT2D eigenvalue weighted by molar-refractivity contribution is 5.94. The van der Waals surface area contributed by atoms with Crippen molar-refractivity contribution < 1.29 is 14.0 Å². The summed E-state index contributed by atoms with van der Waals surface area (Å²) in [6.45, 7) is 8.09. The van der Waals surface area contributed by atoms with Crippen molar-refractivity contribution in [1.82, 2.24) is 15.5 Å². The van der Waals surface area contributed by atoms with E-state index < -0.39 is 5.82 Å². The fraction of sp³-hybridized carbons (Fsp3) is 0.500. The molecule has 0 saturated heterocycles. The number of benzene rings is 1. The van der Waals surface area contributed by atoms with Gasteiger partial charge in [-0.2, -0.15) is 0 Å². The molecule has 144 valence electrons. The van der Waals surface area contributed by atoms with E-state index in [1.54, 1.807) is 11.0 Å². The summed E-state index contributed by atoms with van der Waals surface area (Å²) in [5.41, 5.74) is 0.382. The Morgan fingerprint density at radius 3 is 2.50 bits per heavy atom. The summed E-state index contributed by atoms with van der Waals surface area (Å²) >= 11 is 0. The fourth-order valence-electron chi connectivity index (χ4n) is 2.28. The van der Waals surface area contributed by atoms with Gasteiger partial charge in [0.05, 0.1) is 0 Å². The first kappa shape index (κ1) is 21.4. The molecule has 26 heavy (non-hydrogen) atoms. The average molecular weight is 365 g/mol. The molecule has 0 aliphatic rings. The van der Waals surface area contributed by atoms with Crippen LogP contribution in [-0.4, -0.2) is 55.4 Å². The Bertz CT molecular complexity index is 617. The molecule has 2 amide bonds. The van der Waals surface area contributed by atoms with E-state index in [0.717, 1.165) is 0 Å². The zero-order valence-corrected chi connectivity index (χ0v) is 15.6. The minimum absolute atomic E-state index is 0.0715. The van der Waals surface area contributed by atoms with Crippen LogP contribution in [0.4, 0.5) is 10.1 Å². The molecule has 0 heterocycles. The molecule has 0 aliphatic heterocycles. The third kappa shape index (κ3) is 7.96. The van der Waals surface area contributed by atoms with Crippen molar-refractivity contribution in [3.8, 4) is 0 Å². The smallest absolute Gasteiger partial charge is 0.246 e. The van der Waals surface area contributed by atoms with Crippen LogP contribution in [0.3, 0.4) is 0 Å². The molecule has 1 rings (SSSR count). The second-order valence-corrected chi connectivity index (χ2v) is 5.50. The quantitative estimate of drug-likeness (QED) is 0.458. The van der Waals surface area contributed by atoms with Gasteiger partial charge in [-0.15, -0.1) is 0 Å². The van der Waals surface area contributed by atoms with Gasteiger partial charge in [0.15, 0.2) is 5.96 Å². The van der Waals surface area contributed by atoms with Crippen molar-refractivity contribution >= 4 is 23.5 Å². The molecule has 0 spiro atoms. The number of nitrogens with zero attached hydrogens (tertiary/aromatic N) is 2. The number of amides is 2. The van der Waals surface area contributed by atoms with E-state index in [-0.39, 0.29) is 18.4 Å². The second kappa shape index (κ2) is 11.8. The lowest BCUT2D eigenvalue weighted by Crippen LogP contribution is -2.40. The Labute approximate surface area is 154 Å². The van der Waals surface area contributed by atoms with Gasteiger partial charge in [0.25, 0.3) is 0 Å². The Kier molecular flexibility index (Phi) is 9.74. The van der Waals surface area contributed by atoms with Crippen LogP contribution in [0.5, 0.6) is 0 Å². The molecule has 0 aliphatic carbocycles. The van der Waals surface area contributed by atoms with Gasteiger partial charge in [-0.05, 0) is 39.0 Å². The molecule has 0 unspecified atom stereocenters. The first-order chi connectivity index (χ1) is 12.5. The summed E-state index contributed by atoms with van der Waals surface area (Å²) in [5, 5.41) is 8.63. The van der Waals surface area contributed by atoms with Crippen LogP contribution in [0.25, 0.3) is 0 Å². The van der Waals surface area contributed by atoms with Crippen LogP contribution in [-0.2, 0) is 9.59 Å². The van der Waals surface area contributed by atoms with Crippen molar-refractivity contribution in [2.24, 2.45) is 4.99 Å². The molecular weight excluding hydrogens is 337 g/mol. The summed E-state index contributed by atoms with van der Waals surface area (Å²) in [5.74, 6) is -0.248. The number of anilines is 1. The largest absolute Gasteiger partial charge is 0.357 e. The summed E-state index contributed by atoms with van der Waals surface area (Å²) in [7, 11) is 0. The number of halogens is 1. The van der Waals surface area contributed by atoms with E-state index in [9.17, 15) is 14.0 Å². The summed E-state index contributed by atoms with van der Waals surface area (Å²) in [6.07, 6.45) is 0.349. The van der Waals surface area contributed by atoms with Gasteiger partial charge in [-0.3, -0.25) is 9.59 Å². The van der Waals surface area contributed by atoms with Crippen molar-refractivity contribution in [3.63, 3.8) is 0 Å². The minimum Gasteiger partial charge on any atom is -0.357 e. The molecule has 0 radical (unpaired) electrons. The summed E-state index contributed by atoms with van der Waals surface area (Å²) < 4.78 is 13.1. The average Bonchev–Trinajstić information content (AvgIpc) is 2.60. The number of rotatable bonds is 9. The van der Waals surface area contributed by atoms with E-state index in [0.29, 0.717) is 44.2 Å². The zero-order valence-electron chi connectivity index (χ0n) is 15.6. The number of guanidine groups is 1. The third-order valence-corrected chi connectivity index (χ3v) is 3.58. The standard InChI is InChI=1S/C18H28FN5O2/c1-4-20-18(21-11-10-17(26)24(5-2)6-3)22-13-16(25)23-15-9-7-8-14(19)12-15/h7-9,12H,4-6,10-11,13H2,1-3H3,(H,23,25)(H2,20,21,22). The fourth-order valence-corrected chi connectivity index (χ4v) is 2.28. The molecule has 8 heteroatoms. The van der Waals surface area contributed by atoms with E-state index in [4.69, 9.17) is 0 Å². The van der Waals surface area contributed by atoms with Gasteiger partial charge < -0.3 is 20.9 Å². The predicted octanol–water partition coefficient (Wildman–Crippen LogP) is 1.58. The van der Waals surface area contributed by atoms with Crippen molar-refractivity contribution in [1.29, 1.82) is 0 Å². The van der Waals surface area contributed by atoms with Crippen LogP contribution < -0.4 is 16.0 Å². The molecule has 0 aromatic heterocycles. The molecule has 7 nitrogen and oxygen atoms in total. The number of carbonyl (C=O) groups excluding carboxylic acids is 2. The lowest BCUT2D eigenvalue weighted by Gasteiger charge is -2.19. The van der Waals surface area contributed by atoms with Crippen LogP contribution >= 0.6 is 0 Å². The minimum atomic E-state index is -0.417. The number of hydrogen-bond donors (Lipinski definition) is 3. The molecule has 1 aromatic carbocycles. The highest BCUT2D eigenvalue weighted by Gasteiger charge is 2.09. The highest BCUT2D eigenvalue weighted by atomic mass is 19.1. The van der Waals surface area contributed by atoms with Crippen LogP contribution in [0.2, 0.25) is 0 Å².